The van der Waals surface area contributed by atoms with Gasteiger partial charge in [0.05, 0.1) is 0 Å². The molecule has 0 unspecified atom stereocenters. The van der Waals surface area contributed by atoms with Crippen LogP contribution >= 0.6 is 0 Å². The molecule has 0 aliphatic heterocycles. The Morgan fingerprint density at radius 3 is 2.47 bits per heavy atom. The average Bonchev–Trinajstić information content (AvgIpc) is 2.79. The number of rotatable bonds is 6. The maximum atomic E-state index is 12.3. The largest absolute Gasteiger partial charge is 0.366 e. The first-order chi connectivity index (χ1) is 14.7. The third-order valence-corrected chi connectivity index (χ3v) is 4.40. The second kappa shape index (κ2) is 8.91. The minimum Gasteiger partial charge on any atom is -0.366 e. The van der Waals surface area contributed by atoms with Crippen LogP contribution < -0.4 is 10.6 Å². The van der Waals surface area contributed by atoms with Gasteiger partial charge in [-0.05, 0) is 48.9 Å². The van der Waals surface area contributed by atoms with Gasteiger partial charge in [-0.2, -0.15) is 0 Å². The molecule has 4 aromatic rings. The zero-order valence-electron chi connectivity index (χ0n) is 16.4. The summed E-state index contributed by atoms with van der Waals surface area (Å²) in [4.78, 5) is 29.5. The fourth-order valence-corrected chi connectivity index (χ4v) is 2.89. The van der Waals surface area contributed by atoms with Gasteiger partial charge in [-0.1, -0.05) is 12.1 Å². The SMILES string of the molecule is Cc1cc(NCc2ccc(C(=O)Nc3ccncc3)cc2)nc(-c2cccnc2)n1. The first kappa shape index (κ1) is 19.2. The monoisotopic (exact) mass is 396 g/mol. The van der Waals surface area contributed by atoms with Crippen LogP contribution in [0.25, 0.3) is 11.4 Å². The van der Waals surface area contributed by atoms with Gasteiger partial charge in [0.1, 0.15) is 5.82 Å². The summed E-state index contributed by atoms with van der Waals surface area (Å²) in [6, 6.07) is 16.6. The van der Waals surface area contributed by atoms with Crippen molar-refractivity contribution >= 4 is 17.4 Å². The fraction of sp³-hybridized carbons (Fsp3) is 0.0870. The van der Waals surface area contributed by atoms with Crippen molar-refractivity contribution in [2.45, 2.75) is 13.5 Å². The van der Waals surface area contributed by atoms with Gasteiger partial charge < -0.3 is 10.6 Å². The van der Waals surface area contributed by atoms with Crippen molar-refractivity contribution in [3.8, 4) is 11.4 Å². The van der Waals surface area contributed by atoms with E-state index in [-0.39, 0.29) is 5.91 Å². The standard InChI is InChI=1S/C23H20N6O/c1-16-13-21(29-22(27-16)19-3-2-10-25-15-19)26-14-17-4-6-18(7-5-17)23(30)28-20-8-11-24-12-9-20/h2-13,15H,14H2,1H3,(H,24,28,30)(H,26,27,29). The van der Waals surface area contributed by atoms with Gasteiger partial charge in [0.15, 0.2) is 5.82 Å². The Balaban J connectivity index is 1.41. The van der Waals surface area contributed by atoms with Gasteiger partial charge >= 0.3 is 0 Å². The molecule has 2 N–H and O–H groups in total. The van der Waals surface area contributed by atoms with Crippen molar-refractivity contribution in [1.29, 1.82) is 0 Å². The van der Waals surface area contributed by atoms with Crippen LogP contribution in [0.15, 0.2) is 79.4 Å². The van der Waals surface area contributed by atoms with E-state index < -0.39 is 0 Å². The molecule has 7 heteroatoms. The van der Waals surface area contributed by atoms with E-state index in [1.54, 1.807) is 49.1 Å². The third-order valence-electron chi connectivity index (χ3n) is 4.40. The minimum absolute atomic E-state index is 0.159. The fourth-order valence-electron chi connectivity index (χ4n) is 2.89. The molecule has 0 fully saturated rings. The highest BCUT2D eigenvalue weighted by molar-refractivity contribution is 6.04. The molecular weight excluding hydrogens is 376 g/mol. The summed E-state index contributed by atoms with van der Waals surface area (Å²) in [5.74, 6) is 1.21. The number of nitrogens with one attached hydrogen (secondary N) is 2. The van der Waals surface area contributed by atoms with E-state index in [1.165, 1.54) is 0 Å². The Morgan fingerprint density at radius 1 is 0.933 bits per heavy atom. The van der Waals surface area contributed by atoms with Crippen LogP contribution in [0.3, 0.4) is 0 Å². The number of benzene rings is 1. The maximum Gasteiger partial charge on any atom is 0.255 e. The second-order valence-electron chi connectivity index (χ2n) is 6.70. The van der Waals surface area contributed by atoms with E-state index in [2.05, 4.69) is 30.6 Å². The van der Waals surface area contributed by atoms with Gasteiger partial charge in [-0.25, -0.2) is 9.97 Å². The quantitative estimate of drug-likeness (QED) is 0.510. The van der Waals surface area contributed by atoms with Crippen molar-refractivity contribution in [3.63, 3.8) is 0 Å². The molecule has 0 aliphatic rings. The molecule has 0 spiro atoms. The molecule has 3 heterocycles. The lowest BCUT2D eigenvalue weighted by Crippen LogP contribution is -2.12. The topological polar surface area (TPSA) is 92.7 Å². The third kappa shape index (κ3) is 4.82. The van der Waals surface area contributed by atoms with Crippen molar-refractivity contribution in [2.24, 2.45) is 0 Å². The van der Waals surface area contributed by atoms with E-state index in [0.29, 0.717) is 23.6 Å². The minimum atomic E-state index is -0.159. The lowest BCUT2D eigenvalue weighted by Gasteiger charge is -2.10. The normalized spacial score (nSPS) is 10.4. The number of hydrogen-bond donors (Lipinski definition) is 2. The maximum absolute atomic E-state index is 12.3. The summed E-state index contributed by atoms with van der Waals surface area (Å²) in [5, 5.41) is 6.17. The van der Waals surface area contributed by atoms with Crippen LogP contribution in [0.5, 0.6) is 0 Å². The lowest BCUT2D eigenvalue weighted by molar-refractivity contribution is 0.102. The van der Waals surface area contributed by atoms with E-state index in [1.807, 2.05) is 37.3 Å². The van der Waals surface area contributed by atoms with Gasteiger partial charge in [0, 0.05) is 59.9 Å². The molecule has 1 amide bonds. The molecule has 0 atom stereocenters. The number of nitrogens with zero attached hydrogens (tertiary/aromatic N) is 4. The molecule has 0 radical (unpaired) electrons. The molecule has 0 aliphatic carbocycles. The summed E-state index contributed by atoms with van der Waals surface area (Å²) in [6.45, 7) is 2.51. The Morgan fingerprint density at radius 2 is 1.73 bits per heavy atom. The molecule has 1 aromatic carbocycles. The summed E-state index contributed by atoms with van der Waals surface area (Å²) < 4.78 is 0. The van der Waals surface area contributed by atoms with Crippen LogP contribution in [-0.4, -0.2) is 25.8 Å². The number of aryl methyl sites for hydroxylation is 1. The van der Waals surface area contributed by atoms with Crippen LogP contribution in [0, 0.1) is 6.92 Å². The Labute approximate surface area is 174 Å². The zero-order valence-corrected chi connectivity index (χ0v) is 16.4. The predicted octanol–water partition coefficient (Wildman–Crippen LogP) is 4.11. The highest BCUT2D eigenvalue weighted by atomic mass is 16.1. The van der Waals surface area contributed by atoms with Gasteiger partial charge in [-0.3, -0.25) is 14.8 Å². The molecule has 0 saturated carbocycles. The number of pyridine rings is 2. The molecule has 7 nitrogen and oxygen atoms in total. The first-order valence-corrected chi connectivity index (χ1v) is 9.48. The molecule has 0 saturated heterocycles. The van der Waals surface area contributed by atoms with Crippen LogP contribution in [-0.2, 0) is 6.54 Å². The van der Waals surface area contributed by atoms with Crippen LogP contribution in [0.4, 0.5) is 11.5 Å². The van der Waals surface area contributed by atoms with E-state index in [9.17, 15) is 4.79 Å². The number of anilines is 2. The second-order valence-corrected chi connectivity index (χ2v) is 6.70. The Hall–Kier alpha value is -4.13. The predicted molar refractivity (Wildman–Crippen MR) is 116 cm³/mol. The average molecular weight is 396 g/mol. The van der Waals surface area contributed by atoms with Crippen molar-refractivity contribution < 1.29 is 4.79 Å². The van der Waals surface area contributed by atoms with Gasteiger partial charge in [0.25, 0.3) is 5.91 Å². The van der Waals surface area contributed by atoms with Crippen molar-refractivity contribution in [1.82, 2.24) is 19.9 Å². The lowest BCUT2D eigenvalue weighted by atomic mass is 10.1. The Kier molecular flexibility index (Phi) is 5.70. The van der Waals surface area contributed by atoms with Crippen molar-refractivity contribution in [3.05, 3.63) is 96.2 Å². The van der Waals surface area contributed by atoms with Crippen LogP contribution in [0.2, 0.25) is 0 Å². The summed E-state index contributed by atoms with van der Waals surface area (Å²) in [5.41, 5.74) is 4.08. The zero-order chi connectivity index (χ0) is 20.8. The first-order valence-electron chi connectivity index (χ1n) is 9.48. The van der Waals surface area contributed by atoms with Gasteiger partial charge in [0.2, 0.25) is 0 Å². The molecule has 148 valence electrons. The summed E-state index contributed by atoms with van der Waals surface area (Å²) in [7, 11) is 0. The molecule has 30 heavy (non-hydrogen) atoms. The van der Waals surface area contributed by atoms with Crippen LogP contribution in [0.1, 0.15) is 21.6 Å². The van der Waals surface area contributed by atoms with Gasteiger partial charge in [-0.15, -0.1) is 0 Å². The number of amides is 1. The molecule has 0 bridgehead atoms. The number of hydrogen-bond acceptors (Lipinski definition) is 6. The smallest absolute Gasteiger partial charge is 0.255 e. The highest BCUT2D eigenvalue weighted by Crippen LogP contribution is 2.17. The summed E-state index contributed by atoms with van der Waals surface area (Å²) >= 11 is 0. The molecule has 3 aromatic heterocycles. The Bertz CT molecular complexity index is 1130. The molecular formula is C23H20N6O. The molecule has 4 rings (SSSR count). The van der Waals surface area contributed by atoms with E-state index >= 15 is 0 Å². The van der Waals surface area contributed by atoms with E-state index in [0.717, 1.165) is 22.6 Å². The number of carbonyl (C=O) groups is 1. The van der Waals surface area contributed by atoms with Crippen molar-refractivity contribution in [2.75, 3.05) is 10.6 Å². The number of carbonyl (C=O) groups excluding carboxylic acids is 1. The highest BCUT2D eigenvalue weighted by Gasteiger charge is 2.07. The number of aromatic nitrogens is 4. The summed E-state index contributed by atoms with van der Waals surface area (Å²) in [6.07, 6.45) is 6.74. The van der Waals surface area contributed by atoms with E-state index in [4.69, 9.17) is 0 Å².